The molecule has 0 aromatic heterocycles. The molecule has 3 aromatic carbocycles. The predicted molar refractivity (Wildman–Crippen MR) is 171 cm³/mol. The second-order valence-corrected chi connectivity index (χ2v) is 12.6. The fourth-order valence-corrected chi connectivity index (χ4v) is 4.89. The number of halogens is 4. The molecule has 7 heteroatoms. The molecule has 0 saturated heterocycles. The molecule has 0 bridgehead atoms. The third-order valence-corrected chi connectivity index (χ3v) is 7.29. The van der Waals surface area contributed by atoms with Crippen molar-refractivity contribution in [3.05, 3.63) is 131 Å². The lowest BCUT2D eigenvalue weighted by Gasteiger charge is -2.22. The lowest BCUT2D eigenvalue weighted by Crippen LogP contribution is -3.00. The van der Waals surface area contributed by atoms with Crippen LogP contribution in [0.1, 0.15) is 69.4 Å². The topological polar surface area (TPSA) is 12.2 Å². The van der Waals surface area contributed by atoms with Crippen LogP contribution in [0.25, 0.3) is 16.9 Å². The second-order valence-electron chi connectivity index (χ2n) is 12.6. The molecule has 43 heavy (non-hydrogen) atoms. The number of hydrogen-bond donors (Lipinski definition) is 0. The van der Waals surface area contributed by atoms with Crippen molar-refractivity contribution in [3.8, 4) is 0 Å². The number of hydrogen-bond acceptors (Lipinski definition) is 1. The highest BCUT2D eigenvalue weighted by Crippen LogP contribution is 2.35. The van der Waals surface area contributed by atoms with Gasteiger partial charge in [0.05, 0.1) is 11.1 Å². The quantitative estimate of drug-likeness (QED) is 0.184. The minimum Gasteiger partial charge on any atom is -1.00 e. The van der Waals surface area contributed by atoms with Gasteiger partial charge >= 0.3 is 7.54 Å². The van der Waals surface area contributed by atoms with Crippen LogP contribution in [0.15, 0.2) is 103 Å². The summed E-state index contributed by atoms with van der Waals surface area (Å²) in [6.07, 6.45) is 10.7. The maximum atomic E-state index is 9.67. The van der Waals surface area contributed by atoms with Crippen LogP contribution >= 0.6 is 0 Å². The van der Waals surface area contributed by atoms with E-state index in [4.69, 9.17) is 4.74 Å². The number of para-hydroxylation sites is 1. The highest BCUT2D eigenvalue weighted by molar-refractivity contribution is 6.33. The molecule has 2 aliphatic rings. The number of rotatable bonds is 3. The Morgan fingerprint density at radius 1 is 0.698 bits per heavy atom. The summed E-state index contributed by atoms with van der Waals surface area (Å²) < 4.78 is 37.6. The van der Waals surface area contributed by atoms with Gasteiger partial charge in [-0.1, -0.05) is 102 Å². The van der Waals surface area contributed by atoms with Crippen LogP contribution in [0.3, 0.4) is 0 Å². The average Bonchev–Trinajstić information content (AvgIpc) is 3.26. The lowest BCUT2D eigenvalue weighted by atomic mass is 9.86. The Hall–Kier alpha value is -4.13. The number of benzene rings is 3. The SMILES string of the molecule is C[N+]1=CC(=CC=C2C=C(c3ccc(C(C)(C)C)cc3)C=C(c3ccc(C(C)(C)C)cc3)O2)c2ccccc21.FB(F)F.[F-]. The first kappa shape index (κ1) is 33.4. The van der Waals surface area contributed by atoms with Gasteiger partial charge in [0.1, 0.15) is 18.6 Å². The second kappa shape index (κ2) is 13.5. The normalized spacial score (nSPS) is 16.2. The summed E-state index contributed by atoms with van der Waals surface area (Å²) >= 11 is 0. The van der Waals surface area contributed by atoms with Crippen LogP contribution in [0.5, 0.6) is 0 Å². The van der Waals surface area contributed by atoms with E-state index in [1.54, 1.807) is 0 Å². The zero-order valence-electron chi connectivity index (χ0n) is 25.8. The molecule has 0 aliphatic carbocycles. The summed E-state index contributed by atoms with van der Waals surface area (Å²) in [4.78, 5) is 0. The van der Waals surface area contributed by atoms with Crippen LogP contribution < -0.4 is 4.70 Å². The van der Waals surface area contributed by atoms with E-state index in [1.807, 2.05) is 0 Å². The molecule has 2 aliphatic heterocycles. The van der Waals surface area contributed by atoms with Gasteiger partial charge in [0, 0.05) is 11.6 Å². The molecule has 0 N–H and O–H groups in total. The summed E-state index contributed by atoms with van der Waals surface area (Å²) in [6, 6.07) is 26.2. The molecule has 3 aromatic rings. The van der Waals surface area contributed by atoms with Gasteiger partial charge in [-0.25, -0.2) is 4.58 Å². The largest absolute Gasteiger partial charge is 1.00 e. The van der Waals surface area contributed by atoms with Crippen molar-refractivity contribution in [1.29, 1.82) is 0 Å². The van der Waals surface area contributed by atoms with Gasteiger partial charge in [0.25, 0.3) is 0 Å². The van der Waals surface area contributed by atoms with Crippen molar-refractivity contribution in [3.63, 3.8) is 0 Å². The standard InChI is InChI=1S/C36H38NO.BF3.FH/c1-35(2,3)29-17-12-25(13-18-29)28-22-31(21-16-27-24-37(7)33-11-9-8-10-32(27)33)38-34(23-28)26-14-19-30(20-15-26)36(4,5)6;2-1(3)4;/h8-24H,1-7H3;;1H/q+1;;/p-1. The minimum atomic E-state index is -3.67. The Morgan fingerprint density at radius 2 is 1.21 bits per heavy atom. The molecule has 0 spiro atoms. The van der Waals surface area contributed by atoms with E-state index in [-0.39, 0.29) is 15.5 Å². The highest BCUT2D eigenvalue weighted by atomic mass is 19.4. The molecular weight excluding hydrogens is 549 g/mol. The summed E-state index contributed by atoms with van der Waals surface area (Å²) in [7, 11) is -1.58. The first-order valence-electron chi connectivity index (χ1n) is 14.1. The molecule has 224 valence electrons. The maximum Gasteiger partial charge on any atom is 0.762 e. The molecule has 2 heterocycles. The van der Waals surface area contributed by atoms with Crippen LogP contribution in [0, 0.1) is 0 Å². The Kier molecular flexibility index (Phi) is 10.4. The Labute approximate surface area is 253 Å². The van der Waals surface area contributed by atoms with E-state index in [1.165, 1.54) is 33.5 Å². The molecular formula is C36H38BF4NO. The summed E-state index contributed by atoms with van der Waals surface area (Å²) in [5, 5.41) is 0. The predicted octanol–water partition coefficient (Wildman–Crippen LogP) is 6.95. The van der Waals surface area contributed by atoms with Crippen molar-refractivity contribution >= 4 is 36.4 Å². The molecule has 0 saturated carbocycles. The first-order chi connectivity index (χ1) is 19.7. The van der Waals surface area contributed by atoms with Gasteiger partial charge in [-0.05, 0) is 63.5 Å². The zero-order chi connectivity index (χ0) is 30.7. The van der Waals surface area contributed by atoms with Crippen molar-refractivity contribution in [2.75, 3.05) is 7.05 Å². The van der Waals surface area contributed by atoms with E-state index >= 15 is 0 Å². The van der Waals surface area contributed by atoms with Crippen LogP contribution in [0.4, 0.5) is 18.6 Å². The van der Waals surface area contributed by atoms with Crippen LogP contribution in [-0.4, -0.2) is 25.4 Å². The number of ether oxygens (including phenoxy) is 1. The van der Waals surface area contributed by atoms with Gasteiger partial charge in [0.2, 0.25) is 5.69 Å². The van der Waals surface area contributed by atoms with Crippen molar-refractivity contribution in [2.45, 2.75) is 52.4 Å². The van der Waals surface area contributed by atoms with Crippen molar-refractivity contribution in [1.82, 2.24) is 0 Å². The zero-order valence-corrected chi connectivity index (χ0v) is 25.8. The third kappa shape index (κ3) is 8.47. The minimum absolute atomic E-state index is 0. The van der Waals surface area contributed by atoms with Crippen LogP contribution in [-0.2, 0) is 15.6 Å². The molecule has 2 nitrogen and oxygen atoms in total. The third-order valence-electron chi connectivity index (χ3n) is 7.29. The summed E-state index contributed by atoms with van der Waals surface area (Å²) in [6.45, 7) is 13.5. The first-order valence-corrected chi connectivity index (χ1v) is 14.1. The molecule has 0 amide bonds. The van der Waals surface area contributed by atoms with Gasteiger partial charge in [-0.2, -0.15) is 0 Å². The fourth-order valence-electron chi connectivity index (χ4n) is 4.89. The van der Waals surface area contributed by atoms with Gasteiger partial charge < -0.3 is 9.44 Å². The van der Waals surface area contributed by atoms with E-state index in [0.717, 1.165) is 22.7 Å². The van der Waals surface area contributed by atoms with E-state index in [2.05, 4.69) is 156 Å². The maximum absolute atomic E-state index is 9.67. The molecule has 0 unspecified atom stereocenters. The Bertz CT molecular complexity index is 1580. The molecule has 0 fully saturated rings. The van der Waals surface area contributed by atoms with E-state index in [9.17, 15) is 12.9 Å². The Balaban J connectivity index is 0.000000954. The molecule has 0 radical (unpaired) electrons. The van der Waals surface area contributed by atoms with Gasteiger partial charge in [-0.3, -0.25) is 12.9 Å². The van der Waals surface area contributed by atoms with E-state index in [0.29, 0.717) is 0 Å². The monoisotopic (exact) mass is 587 g/mol. The van der Waals surface area contributed by atoms with E-state index < -0.39 is 7.54 Å². The summed E-state index contributed by atoms with van der Waals surface area (Å²) in [5.74, 6) is 1.69. The van der Waals surface area contributed by atoms with Gasteiger partial charge in [-0.15, -0.1) is 0 Å². The Morgan fingerprint density at radius 3 is 1.74 bits per heavy atom. The average molecular weight is 588 g/mol. The van der Waals surface area contributed by atoms with Crippen molar-refractivity contribution < 1.29 is 27.0 Å². The number of nitrogens with zero attached hydrogens (tertiary/aromatic N) is 1. The summed E-state index contributed by atoms with van der Waals surface area (Å²) in [5.41, 5.74) is 9.90. The van der Waals surface area contributed by atoms with Crippen LogP contribution in [0.2, 0.25) is 0 Å². The lowest BCUT2D eigenvalue weighted by molar-refractivity contribution is -0.395. The van der Waals surface area contributed by atoms with Crippen molar-refractivity contribution in [2.24, 2.45) is 0 Å². The molecule has 0 atom stereocenters. The number of fused-ring (bicyclic) bond motifs is 1. The molecule has 5 rings (SSSR count). The van der Waals surface area contributed by atoms with Gasteiger partial charge in [0.15, 0.2) is 6.21 Å². The fraction of sp³-hybridized carbons (Fsp3) is 0.250. The smallest absolute Gasteiger partial charge is 0.762 e. The number of allylic oxidation sites excluding steroid dienone is 6. The highest BCUT2D eigenvalue weighted by Gasteiger charge is 2.22.